The van der Waals surface area contributed by atoms with Gasteiger partial charge in [0.15, 0.2) is 0 Å². The van der Waals surface area contributed by atoms with Gasteiger partial charge in [0.25, 0.3) is 0 Å². The van der Waals surface area contributed by atoms with Crippen LogP contribution < -0.4 is 9.80 Å². The van der Waals surface area contributed by atoms with Gasteiger partial charge in [-0.3, -0.25) is 0 Å². The molecule has 0 amide bonds. The molecule has 0 aromatic heterocycles. The summed E-state index contributed by atoms with van der Waals surface area (Å²) < 4.78 is 0. The molecule has 0 aliphatic rings. The fourth-order valence-electron chi connectivity index (χ4n) is 2.30. The second-order valence-corrected chi connectivity index (χ2v) is 5.19. The second-order valence-electron chi connectivity index (χ2n) is 5.19. The van der Waals surface area contributed by atoms with Crippen molar-refractivity contribution in [3.8, 4) is 0 Å². The Labute approximate surface area is 121 Å². The predicted octanol–water partition coefficient (Wildman–Crippen LogP) is 2.92. The van der Waals surface area contributed by atoms with E-state index in [0.717, 1.165) is 16.9 Å². The molecule has 0 saturated heterocycles. The minimum Gasteiger partial charge on any atom is -0.387 e. The number of benzene rings is 2. The summed E-state index contributed by atoms with van der Waals surface area (Å²) in [6.07, 6.45) is -0.489. The third kappa shape index (κ3) is 3.31. The van der Waals surface area contributed by atoms with Crippen molar-refractivity contribution in [3.63, 3.8) is 0 Å². The number of aliphatic hydroxyl groups is 1. The molecule has 1 unspecified atom stereocenters. The monoisotopic (exact) mass is 270 g/mol. The summed E-state index contributed by atoms with van der Waals surface area (Å²) in [6, 6.07) is 18.0. The molecule has 2 aromatic carbocycles. The molecule has 2 rings (SSSR count). The van der Waals surface area contributed by atoms with E-state index >= 15 is 0 Å². The van der Waals surface area contributed by atoms with Crippen LogP contribution in [-0.2, 0) is 0 Å². The van der Waals surface area contributed by atoms with Gasteiger partial charge in [-0.1, -0.05) is 42.5 Å². The summed E-state index contributed by atoms with van der Waals surface area (Å²) in [7, 11) is 6.06. The summed E-state index contributed by atoms with van der Waals surface area (Å²) in [5.74, 6) is 0. The second kappa shape index (κ2) is 6.44. The van der Waals surface area contributed by atoms with E-state index in [2.05, 4.69) is 21.9 Å². The number of likely N-dealkylation sites (N-methyl/N-ethyl adjacent to an activating group) is 1. The van der Waals surface area contributed by atoms with E-state index in [4.69, 9.17) is 0 Å². The fraction of sp³-hybridized carbons (Fsp3) is 0.294. The number of para-hydroxylation sites is 2. The average Bonchev–Trinajstić information content (AvgIpc) is 2.48. The Morgan fingerprint density at radius 2 is 1.40 bits per heavy atom. The van der Waals surface area contributed by atoms with Gasteiger partial charge in [0.2, 0.25) is 0 Å². The molecular weight excluding hydrogens is 248 g/mol. The Bertz CT molecular complexity index is 540. The van der Waals surface area contributed by atoms with Crippen molar-refractivity contribution in [3.05, 3.63) is 60.2 Å². The maximum Gasteiger partial charge on any atom is 0.0964 e. The van der Waals surface area contributed by atoms with Crippen LogP contribution in [0.3, 0.4) is 0 Å². The molecule has 0 spiro atoms. The van der Waals surface area contributed by atoms with Crippen molar-refractivity contribution in [1.82, 2.24) is 0 Å². The Hall–Kier alpha value is -2.00. The van der Waals surface area contributed by atoms with E-state index in [1.807, 2.05) is 63.6 Å². The van der Waals surface area contributed by atoms with Crippen molar-refractivity contribution in [2.75, 3.05) is 37.5 Å². The van der Waals surface area contributed by atoms with E-state index in [9.17, 15) is 5.11 Å². The lowest BCUT2D eigenvalue weighted by molar-refractivity contribution is 0.185. The Morgan fingerprint density at radius 3 is 2.00 bits per heavy atom. The van der Waals surface area contributed by atoms with Crippen molar-refractivity contribution >= 4 is 11.4 Å². The molecule has 0 aliphatic heterocycles. The molecule has 0 radical (unpaired) electrons. The molecule has 2 aromatic rings. The Kier molecular flexibility index (Phi) is 4.64. The fourth-order valence-corrected chi connectivity index (χ4v) is 2.30. The normalized spacial score (nSPS) is 12.0. The van der Waals surface area contributed by atoms with Crippen molar-refractivity contribution in [1.29, 1.82) is 0 Å². The van der Waals surface area contributed by atoms with Crippen LogP contribution in [0.25, 0.3) is 0 Å². The van der Waals surface area contributed by atoms with Crippen LogP contribution in [0.2, 0.25) is 0 Å². The zero-order chi connectivity index (χ0) is 14.5. The van der Waals surface area contributed by atoms with Crippen LogP contribution in [0, 0.1) is 0 Å². The Balaban J connectivity index is 2.14. The summed E-state index contributed by atoms with van der Waals surface area (Å²) >= 11 is 0. The number of hydrogen-bond donors (Lipinski definition) is 1. The highest BCUT2D eigenvalue weighted by atomic mass is 16.3. The van der Waals surface area contributed by atoms with Crippen LogP contribution in [0.4, 0.5) is 11.4 Å². The van der Waals surface area contributed by atoms with Gasteiger partial charge in [-0.2, -0.15) is 0 Å². The highest BCUT2D eigenvalue weighted by Crippen LogP contribution is 2.28. The van der Waals surface area contributed by atoms with Gasteiger partial charge in [0.1, 0.15) is 0 Å². The summed E-state index contributed by atoms with van der Waals surface area (Å²) in [6.45, 7) is 0.564. The lowest BCUT2D eigenvalue weighted by Crippen LogP contribution is -2.26. The van der Waals surface area contributed by atoms with Crippen molar-refractivity contribution < 1.29 is 5.11 Å². The van der Waals surface area contributed by atoms with E-state index in [1.54, 1.807) is 0 Å². The maximum absolute atomic E-state index is 10.3. The molecule has 1 N–H and O–H groups in total. The number of nitrogens with zero attached hydrogens (tertiary/aromatic N) is 2. The molecular formula is C17H22N2O. The minimum absolute atomic E-state index is 0.489. The molecule has 3 heteroatoms. The number of hydrogen-bond acceptors (Lipinski definition) is 3. The van der Waals surface area contributed by atoms with Gasteiger partial charge in [0, 0.05) is 27.7 Å². The quantitative estimate of drug-likeness (QED) is 0.905. The Morgan fingerprint density at radius 1 is 0.850 bits per heavy atom. The summed E-state index contributed by atoms with van der Waals surface area (Å²) in [4.78, 5) is 4.17. The smallest absolute Gasteiger partial charge is 0.0964 e. The van der Waals surface area contributed by atoms with Gasteiger partial charge in [0.05, 0.1) is 17.5 Å². The van der Waals surface area contributed by atoms with Gasteiger partial charge in [-0.25, -0.2) is 0 Å². The molecule has 0 fully saturated rings. The summed E-state index contributed by atoms with van der Waals surface area (Å²) in [5, 5.41) is 10.3. The molecule has 20 heavy (non-hydrogen) atoms. The number of rotatable bonds is 5. The summed E-state index contributed by atoms with van der Waals surface area (Å²) in [5.41, 5.74) is 3.21. The number of aliphatic hydroxyl groups excluding tert-OH is 1. The first kappa shape index (κ1) is 14.4. The number of anilines is 2. The van der Waals surface area contributed by atoms with Crippen LogP contribution in [0.1, 0.15) is 11.7 Å². The third-order valence-electron chi connectivity index (χ3n) is 3.41. The molecule has 106 valence electrons. The zero-order valence-electron chi connectivity index (χ0n) is 12.3. The highest BCUT2D eigenvalue weighted by molar-refractivity contribution is 5.70. The lowest BCUT2D eigenvalue weighted by atomic mass is 10.1. The largest absolute Gasteiger partial charge is 0.387 e. The first-order valence-electron chi connectivity index (χ1n) is 6.80. The van der Waals surface area contributed by atoms with Crippen LogP contribution in [0.15, 0.2) is 54.6 Å². The van der Waals surface area contributed by atoms with Crippen LogP contribution in [0.5, 0.6) is 0 Å². The minimum atomic E-state index is -0.489. The first-order valence-corrected chi connectivity index (χ1v) is 6.80. The standard InChI is InChI=1S/C17H22N2O/c1-18(2)15-11-7-8-12-16(15)19(3)13-17(20)14-9-5-4-6-10-14/h4-12,17,20H,13H2,1-3H3. The van der Waals surface area contributed by atoms with Crippen LogP contribution in [-0.4, -0.2) is 32.8 Å². The predicted molar refractivity (Wildman–Crippen MR) is 85.4 cm³/mol. The lowest BCUT2D eigenvalue weighted by Gasteiger charge is -2.27. The maximum atomic E-state index is 10.3. The topological polar surface area (TPSA) is 26.7 Å². The van der Waals surface area contributed by atoms with Gasteiger partial charge >= 0.3 is 0 Å². The van der Waals surface area contributed by atoms with Gasteiger partial charge < -0.3 is 14.9 Å². The first-order chi connectivity index (χ1) is 9.59. The molecule has 1 atom stereocenters. The van der Waals surface area contributed by atoms with E-state index < -0.39 is 6.10 Å². The molecule has 0 saturated carbocycles. The van der Waals surface area contributed by atoms with E-state index in [-0.39, 0.29) is 0 Å². The van der Waals surface area contributed by atoms with E-state index in [1.165, 1.54) is 0 Å². The zero-order valence-corrected chi connectivity index (χ0v) is 12.3. The molecule has 0 aliphatic carbocycles. The van der Waals surface area contributed by atoms with Crippen molar-refractivity contribution in [2.45, 2.75) is 6.10 Å². The van der Waals surface area contributed by atoms with Crippen molar-refractivity contribution in [2.24, 2.45) is 0 Å². The SMILES string of the molecule is CN(C)c1ccccc1N(C)CC(O)c1ccccc1. The van der Waals surface area contributed by atoms with E-state index in [0.29, 0.717) is 6.54 Å². The molecule has 3 nitrogen and oxygen atoms in total. The van der Waals surface area contributed by atoms with Gasteiger partial charge in [-0.15, -0.1) is 0 Å². The highest BCUT2D eigenvalue weighted by Gasteiger charge is 2.13. The third-order valence-corrected chi connectivity index (χ3v) is 3.41. The molecule has 0 bridgehead atoms. The van der Waals surface area contributed by atoms with Gasteiger partial charge in [-0.05, 0) is 17.7 Å². The van der Waals surface area contributed by atoms with Crippen LogP contribution >= 0.6 is 0 Å². The average molecular weight is 270 g/mol. The molecule has 0 heterocycles.